The first-order valence-corrected chi connectivity index (χ1v) is 14.2. The van der Waals surface area contributed by atoms with Gasteiger partial charge < -0.3 is 10.1 Å². The second-order valence-corrected chi connectivity index (χ2v) is 11.8. The number of carbonyl (C=O) groups excluding carboxylic acids is 1. The molecular weight excluding hydrogens is 564 g/mol. The van der Waals surface area contributed by atoms with Gasteiger partial charge in [-0.1, -0.05) is 35.5 Å². The number of halogens is 1. The van der Waals surface area contributed by atoms with E-state index in [-0.39, 0.29) is 11.6 Å². The molecule has 1 N–H and O–H groups in total. The number of nitrogens with one attached hydrogen (secondary N) is 1. The van der Waals surface area contributed by atoms with Crippen LogP contribution in [0.15, 0.2) is 73.7 Å². The van der Waals surface area contributed by atoms with E-state index in [4.69, 9.17) is 16.3 Å². The van der Waals surface area contributed by atoms with Crippen molar-refractivity contribution in [3.63, 3.8) is 0 Å². The first-order chi connectivity index (χ1) is 18.3. The molecule has 1 aliphatic rings. The van der Waals surface area contributed by atoms with Crippen LogP contribution in [0.3, 0.4) is 0 Å². The number of hydrogen-bond acceptors (Lipinski definition) is 9. The summed E-state index contributed by atoms with van der Waals surface area (Å²) in [5, 5.41) is 15.6. The minimum atomic E-state index is -0.429. The smallest absolute Gasteiger partial charge is 0.283 e. The molecule has 0 radical (unpaired) electrons. The van der Waals surface area contributed by atoms with Crippen molar-refractivity contribution < 1.29 is 14.5 Å². The molecule has 2 heterocycles. The first kappa shape index (κ1) is 26.2. The van der Waals surface area contributed by atoms with E-state index in [1.165, 1.54) is 29.2 Å². The summed E-state index contributed by atoms with van der Waals surface area (Å²) in [5.41, 5.74) is 2.73. The topological polar surface area (TPSA) is 107 Å². The molecule has 5 rings (SSSR count). The van der Waals surface area contributed by atoms with Gasteiger partial charge in [0.1, 0.15) is 5.75 Å². The summed E-state index contributed by atoms with van der Waals surface area (Å²) in [6.07, 6.45) is 1.61. The molecule has 1 fully saturated rings. The highest BCUT2D eigenvalue weighted by atomic mass is 35.5. The van der Waals surface area contributed by atoms with Crippen LogP contribution in [0.2, 0.25) is 5.02 Å². The predicted molar refractivity (Wildman–Crippen MR) is 155 cm³/mol. The second kappa shape index (κ2) is 11.2. The average Bonchev–Trinajstić information content (AvgIpc) is 3.44. The molecule has 38 heavy (non-hydrogen) atoms. The Morgan fingerprint density at radius 3 is 2.87 bits per heavy atom. The maximum atomic E-state index is 12.5. The van der Waals surface area contributed by atoms with Crippen LogP contribution in [0.4, 0.5) is 11.4 Å². The quantitative estimate of drug-likeness (QED) is 0.136. The molecule has 0 spiro atoms. The second-order valence-electron chi connectivity index (χ2n) is 7.99. The van der Waals surface area contributed by atoms with E-state index < -0.39 is 4.92 Å². The number of amidine groups is 1. The van der Waals surface area contributed by atoms with Crippen LogP contribution in [0.1, 0.15) is 18.1 Å². The minimum Gasteiger partial charge on any atom is -0.494 e. The number of thiazole rings is 1. The summed E-state index contributed by atoms with van der Waals surface area (Å²) >= 11 is 10.0. The predicted octanol–water partition coefficient (Wildman–Crippen LogP) is 7.61. The van der Waals surface area contributed by atoms with Crippen molar-refractivity contribution >= 4 is 85.2 Å². The molecule has 1 saturated heterocycles. The van der Waals surface area contributed by atoms with Crippen molar-refractivity contribution in [3.8, 4) is 5.75 Å². The summed E-state index contributed by atoms with van der Waals surface area (Å²) in [6, 6.07) is 15.9. The fourth-order valence-corrected chi connectivity index (χ4v) is 6.73. The van der Waals surface area contributed by atoms with Gasteiger partial charge in [0.15, 0.2) is 9.51 Å². The largest absolute Gasteiger partial charge is 0.494 e. The van der Waals surface area contributed by atoms with Gasteiger partial charge in [0.2, 0.25) is 0 Å². The number of thioether (sulfide) groups is 1. The highest BCUT2D eigenvalue weighted by molar-refractivity contribution is 8.18. The SMILES string of the molecule is CCOc1ccc2nc(Sc3ccc(/C=C4\SC(=Nc5cccc(Cl)c5C)NC4=O)cc3[N+](=O)[O-])sc2c1. The number of nitro groups is 1. The number of aliphatic imine (C=N–C) groups is 1. The van der Waals surface area contributed by atoms with Gasteiger partial charge in [-0.05, 0) is 79.2 Å². The molecule has 1 aromatic heterocycles. The molecule has 12 heteroatoms. The van der Waals surface area contributed by atoms with Crippen LogP contribution < -0.4 is 10.1 Å². The standard InChI is InChI=1S/C26H19ClN4O4S3/c1-3-35-16-8-9-19-22(13-16)38-26(29-19)37-21-10-7-15(11-20(21)31(33)34)12-23-24(32)30-25(36-23)28-18-6-4-5-17(27)14(18)2/h4-13H,3H2,1-2H3,(H,28,30,32)/b23-12-. The van der Waals surface area contributed by atoms with E-state index in [0.29, 0.717) is 42.2 Å². The molecule has 0 aliphatic carbocycles. The molecule has 3 aromatic carbocycles. The van der Waals surface area contributed by atoms with Gasteiger partial charge in [-0.15, -0.1) is 11.3 Å². The van der Waals surface area contributed by atoms with Crippen LogP contribution >= 0.6 is 46.5 Å². The van der Waals surface area contributed by atoms with Crippen LogP contribution in [0.25, 0.3) is 16.3 Å². The Morgan fingerprint density at radius 1 is 1.24 bits per heavy atom. The van der Waals surface area contributed by atoms with Crippen molar-refractivity contribution in [3.05, 3.63) is 85.8 Å². The normalized spacial score (nSPS) is 15.4. The molecule has 0 saturated carbocycles. The summed E-state index contributed by atoms with van der Waals surface area (Å²) in [4.78, 5) is 33.9. The van der Waals surface area contributed by atoms with Gasteiger partial charge in [-0.3, -0.25) is 14.9 Å². The van der Waals surface area contributed by atoms with Crippen molar-refractivity contribution in [1.29, 1.82) is 0 Å². The lowest BCUT2D eigenvalue weighted by Gasteiger charge is -2.03. The molecule has 192 valence electrons. The summed E-state index contributed by atoms with van der Waals surface area (Å²) in [5.74, 6) is 0.434. The average molecular weight is 583 g/mol. The zero-order valence-electron chi connectivity index (χ0n) is 20.1. The third-order valence-electron chi connectivity index (χ3n) is 5.44. The zero-order chi connectivity index (χ0) is 26.8. The number of benzene rings is 3. The van der Waals surface area contributed by atoms with Crippen molar-refractivity contribution in [2.45, 2.75) is 23.1 Å². The number of nitrogens with zero attached hydrogens (tertiary/aromatic N) is 3. The lowest BCUT2D eigenvalue weighted by molar-refractivity contribution is -0.387. The van der Waals surface area contributed by atoms with Gasteiger partial charge in [0, 0.05) is 11.1 Å². The van der Waals surface area contributed by atoms with Gasteiger partial charge in [0.05, 0.1) is 37.2 Å². The van der Waals surface area contributed by atoms with Gasteiger partial charge in [-0.2, -0.15) is 0 Å². The number of aromatic nitrogens is 1. The Bertz CT molecular complexity index is 1650. The third-order valence-corrected chi connectivity index (χ3v) is 8.90. The highest BCUT2D eigenvalue weighted by Crippen LogP contribution is 2.40. The molecule has 1 amide bonds. The fourth-order valence-electron chi connectivity index (χ4n) is 3.59. The summed E-state index contributed by atoms with van der Waals surface area (Å²) in [6.45, 7) is 4.34. The Balaban J connectivity index is 1.39. The zero-order valence-corrected chi connectivity index (χ0v) is 23.3. The van der Waals surface area contributed by atoms with Crippen molar-refractivity contribution in [1.82, 2.24) is 10.3 Å². The van der Waals surface area contributed by atoms with Gasteiger partial charge in [0.25, 0.3) is 11.6 Å². The lowest BCUT2D eigenvalue weighted by atomic mass is 10.2. The molecule has 0 bridgehead atoms. The number of hydrogen-bond donors (Lipinski definition) is 1. The number of rotatable bonds is 7. The molecule has 0 atom stereocenters. The van der Waals surface area contributed by atoms with E-state index in [1.54, 1.807) is 30.3 Å². The van der Waals surface area contributed by atoms with Crippen LogP contribution in [-0.2, 0) is 4.79 Å². The summed E-state index contributed by atoms with van der Waals surface area (Å²) < 4.78 is 7.18. The Hall–Kier alpha value is -3.38. The van der Waals surface area contributed by atoms with E-state index >= 15 is 0 Å². The van der Waals surface area contributed by atoms with E-state index in [9.17, 15) is 14.9 Å². The van der Waals surface area contributed by atoms with Crippen molar-refractivity contribution in [2.75, 3.05) is 6.61 Å². The molecule has 4 aromatic rings. The first-order valence-electron chi connectivity index (χ1n) is 11.3. The van der Waals surface area contributed by atoms with Crippen molar-refractivity contribution in [2.24, 2.45) is 4.99 Å². The number of ether oxygens (including phenoxy) is 1. The molecular formula is C26H19ClN4O4S3. The molecule has 0 unspecified atom stereocenters. The van der Waals surface area contributed by atoms with Crippen LogP contribution in [-0.4, -0.2) is 27.6 Å². The fraction of sp³-hybridized carbons (Fsp3) is 0.115. The Morgan fingerprint density at radius 2 is 2.08 bits per heavy atom. The lowest BCUT2D eigenvalue weighted by Crippen LogP contribution is -2.19. The van der Waals surface area contributed by atoms with Gasteiger partial charge >= 0.3 is 0 Å². The highest BCUT2D eigenvalue weighted by Gasteiger charge is 2.25. The van der Waals surface area contributed by atoms with Crippen LogP contribution in [0.5, 0.6) is 5.75 Å². The maximum Gasteiger partial charge on any atom is 0.283 e. The van der Waals surface area contributed by atoms with Gasteiger partial charge in [-0.25, -0.2) is 9.98 Å². The van der Waals surface area contributed by atoms with E-state index in [0.717, 1.165) is 33.3 Å². The van der Waals surface area contributed by atoms with E-state index in [2.05, 4.69) is 15.3 Å². The third kappa shape index (κ3) is 5.70. The molecule has 1 aliphatic heterocycles. The number of amides is 1. The maximum absolute atomic E-state index is 12.5. The number of carbonyl (C=O) groups is 1. The Kier molecular flexibility index (Phi) is 7.70. The van der Waals surface area contributed by atoms with E-state index in [1.807, 2.05) is 38.1 Å². The minimum absolute atomic E-state index is 0.0644. The Labute approximate surface area is 235 Å². The molecule has 8 nitrogen and oxygen atoms in total. The number of fused-ring (bicyclic) bond motifs is 1. The van der Waals surface area contributed by atoms with Crippen LogP contribution in [0, 0.1) is 17.0 Å². The number of nitro benzene ring substituents is 1. The summed E-state index contributed by atoms with van der Waals surface area (Å²) in [7, 11) is 0. The monoisotopic (exact) mass is 582 g/mol.